The predicted molar refractivity (Wildman–Crippen MR) is 70.3 cm³/mol. The van der Waals surface area contributed by atoms with Crippen molar-refractivity contribution in [3.05, 3.63) is 35.4 Å². The number of carbonyl (C=O) groups excluding carboxylic acids is 1. The quantitative estimate of drug-likeness (QED) is 0.564. The Kier molecular flexibility index (Phi) is 7.06. The second-order valence-corrected chi connectivity index (χ2v) is 4.17. The fraction of sp³-hybridized carbons (Fsp3) is 0.500. The van der Waals surface area contributed by atoms with E-state index in [0.717, 1.165) is 19.5 Å². The van der Waals surface area contributed by atoms with Crippen molar-refractivity contribution >= 4 is 5.97 Å². The van der Waals surface area contributed by atoms with E-state index in [9.17, 15) is 4.79 Å². The Balaban J connectivity index is 2.04. The lowest BCUT2D eigenvalue weighted by Crippen LogP contribution is -2.18. The zero-order valence-electron chi connectivity index (χ0n) is 11.1. The lowest BCUT2D eigenvalue weighted by molar-refractivity contribution is -0.147. The van der Waals surface area contributed by atoms with Crippen molar-refractivity contribution in [2.45, 2.75) is 19.9 Å². The van der Waals surface area contributed by atoms with Gasteiger partial charge in [-0.1, -0.05) is 29.8 Å². The maximum Gasteiger partial charge on any atom is 0.332 e. The van der Waals surface area contributed by atoms with Gasteiger partial charge in [0.2, 0.25) is 0 Å². The van der Waals surface area contributed by atoms with Crippen molar-refractivity contribution in [1.82, 2.24) is 5.32 Å². The van der Waals surface area contributed by atoms with E-state index in [1.807, 2.05) is 0 Å². The van der Waals surface area contributed by atoms with Crippen LogP contribution in [-0.2, 0) is 20.8 Å². The van der Waals surface area contributed by atoms with E-state index in [1.54, 1.807) is 0 Å². The first-order valence-electron chi connectivity index (χ1n) is 6.13. The van der Waals surface area contributed by atoms with E-state index in [2.05, 4.69) is 41.2 Å². The highest BCUT2D eigenvalue weighted by Gasteiger charge is 2.00. The summed E-state index contributed by atoms with van der Waals surface area (Å²) in [4.78, 5) is 11.0. The summed E-state index contributed by atoms with van der Waals surface area (Å²) in [7, 11) is 1.48. The van der Waals surface area contributed by atoms with Gasteiger partial charge in [0.25, 0.3) is 0 Å². The van der Waals surface area contributed by atoms with Crippen LogP contribution in [0.25, 0.3) is 0 Å². The number of hydrogen-bond donors (Lipinski definition) is 1. The average Bonchev–Trinajstić information content (AvgIpc) is 2.34. The fourth-order valence-electron chi connectivity index (χ4n) is 1.60. The van der Waals surface area contributed by atoms with Crippen LogP contribution in [-0.4, -0.2) is 32.8 Å². The molecule has 0 bridgehead atoms. The molecule has 0 atom stereocenters. The van der Waals surface area contributed by atoms with Crippen LogP contribution in [0.1, 0.15) is 17.5 Å². The molecule has 0 aliphatic rings. The molecule has 0 radical (unpaired) electrons. The second-order valence-electron chi connectivity index (χ2n) is 4.17. The molecule has 1 rings (SSSR count). The molecule has 0 saturated carbocycles. The summed E-state index contributed by atoms with van der Waals surface area (Å²) in [5.74, 6) is -0.309. The molecule has 0 aromatic heterocycles. The summed E-state index contributed by atoms with van der Waals surface area (Å²) >= 11 is 0. The van der Waals surface area contributed by atoms with Gasteiger partial charge in [-0.05, 0) is 25.5 Å². The zero-order chi connectivity index (χ0) is 13.2. The molecule has 0 fully saturated rings. The molecule has 1 aromatic carbocycles. The van der Waals surface area contributed by atoms with Gasteiger partial charge in [-0.15, -0.1) is 0 Å². The summed E-state index contributed by atoms with van der Waals surface area (Å²) in [6.07, 6.45) is 0.807. The van der Waals surface area contributed by atoms with Gasteiger partial charge in [-0.3, -0.25) is 0 Å². The van der Waals surface area contributed by atoms with Crippen LogP contribution < -0.4 is 5.32 Å². The standard InChI is InChI=1S/C14H21NO3/c1-12-5-3-6-13(9-12)10-15-7-4-8-18-14(16)11-17-2/h3,5-6,9,15H,4,7-8,10-11H2,1-2H3. The molecular weight excluding hydrogens is 230 g/mol. The highest BCUT2D eigenvalue weighted by molar-refractivity contribution is 5.70. The molecule has 1 N–H and O–H groups in total. The molecule has 4 heteroatoms. The first-order valence-corrected chi connectivity index (χ1v) is 6.13. The van der Waals surface area contributed by atoms with Gasteiger partial charge < -0.3 is 14.8 Å². The molecular formula is C14H21NO3. The lowest BCUT2D eigenvalue weighted by Gasteiger charge is -2.06. The lowest BCUT2D eigenvalue weighted by atomic mass is 10.1. The van der Waals surface area contributed by atoms with Crippen LogP contribution in [0.15, 0.2) is 24.3 Å². The molecule has 1 aromatic rings. The minimum Gasteiger partial charge on any atom is -0.464 e. The van der Waals surface area contributed by atoms with Crippen molar-refractivity contribution < 1.29 is 14.3 Å². The first kappa shape index (κ1) is 14.7. The van der Waals surface area contributed by atoms with E-state index in [4.69, 9.17) is 4.74 Å². The van der Waals surface area contributed by atoms with Crippen molar-refractivity contribution in [1.29, 1.82) is 0 Å². The van der Waals surface area contributed by atoms with E-state index in [1.165, 1.54) is 18.2 Å². The molecule has 0 saturated heterocycles. The number of benzene rings is 1. The number of ether oxygens (including phenoxy) is 2. The Morgan fingerprint density at radius 2 is 2.22 bits per heavy atom. The van der Waals surface area contributed by atoms with E-state index in [0.29, 0.717) is 6.61 Å². The maximum absolute atomic E-state index is 11.0. The Morgan fingerprint density at radius 1 is 1.39 bits per heavy atom. The summed E-state index contributed by atoms with van der Waals surface area (Å²) in [6, 6.07) is 8.39. The fourth-order valence-corrected chi connectivity index (χ4v) is 1.60. The van der Waals surface area contributed by atoms with Crippen molar-refractivity contribution in [3.8, 4) is 0 Å². The SMILES string of the molecule is COCC(=O)OCCCNCc1cccc(C)c1. The monoisotopic (exact) mass is 251 g/mol. The Labute approximate surface area is 108 Å². The minimum atomic E-state index is -0.309. The van der Waals surface area contributed by atoms with E-state index in [-0.39, 0.29) is 12.6 Å². The molecule has 0 aliphatic heterocycles. The topological polar surface area (TPSA) is 47.6 Å². The summed E-state index contributed by atoms with van der Waals surface area (Å²) in [6.45, 7) is 4.21. The Hall–Kier alpha value is -1.39. The first-order chi connectivity index (χ1) is 8.72. The molecule has 4 nitrogen and oxygen atoms in total. The predicted octanol–water partition coefficient (Wildman–Crippen LogP) is 1.66. The third kappa shape index (κ3) is 6.37. The number of esters is 1. The number of nitrogens with one attached hydrogen (secondary N) is 1. The van der Waals surface area contributed by atoms with Crippen LogP contribution in [0.5, 0.6) is 0 Å². The third-order valence-electron chi connectivity index (χ3n) is 2.43. The largest absolute Gasteiger partial charge is 0.464 e. The Morgan fingerprint density at radius 3 is 2.94 bits per heavy atom. The summed E-state index contributed by atoms with van der Waals surface area (Å²) in [5, 5.41) is 3.31. The van der Waals surface area contributed by atoms with Gasteiger partial charge >= 0.3 is 5.97 Å². The number of rotatable bonds is 8. The highest BCUT2D eigenvalue weighted by atomic mass is 16.6. The van der Waals surface area contributed by atoms with Crippen LogP contribution in [0, 0.1) is 6.92 Å². The van der Waals surface area contributed by atoms with Crippen molar-refractivity contribution in [2.75, 3.05) is 26.9 Å². The molecule has 0 amide bonds. The second kappa shape index (κ2) is 8.66. The maximum atomic E-state index is 11.0. The molecule has 18 heavy (non-hydrogen) atoms. The number of hydrogen-bond acceptors (Lipinski definition) is 4. The van der Waals surface area contributed by atoms with Crippen molar-refractivity contribution in [2.24, 2.45) is 0 Å². The van der Waals surface area contributed by atoms with Crippen LogP contribution in [0.2, 0.25) is 0 Å². The number of carbonyl (C=O) groups is 1. The Bertz CT molecular complexity index is 366. The summed E-state index contributed by atoms with van der Waals surface area (Å²) in [5.41, 5.74) is 2.54. The zero-order valence-corrected chi connectivity index (χ0v) is 11.1. The highest BCUT2D eigenvalue weighted by Crippen LogP contribution is 2.02. The van der Waals surface area contributed by atoms with Gasteiger partial charge in [0, 0.05) is 13.7 Å². The average molecular weight is 251 g/mol. The molecule has 0 spiro atoms. The van der Waals surface area contributed by atoms with Gasteiger partial charge in [0.1, 0.15) is 6.61 Å². The number of methoxy groups -OCH3 is 1. The van der Waals surface area contributed by atoms with E-state index < -0.39 is 0 Å². The molecule has 0 heterocycles. The van der Waals surface area contributed by atoms with Gasteiger partial charge in [0.15, 0.2) is 0 Å². The number of aryl methyl sites for hydroxylation is 1. The normalized spacial score (nSPS) is 10.3. The van der Waals surface area contributed by atoms with Gasteiger partial charge in [-0.25, -0.2) is 4.79 Å². The van der Waals surface area contributed by atoms with Crippen LogP contribution in [0.3, 0.4) is 0 Å². The summed E-state index contributed by atoms with van der Waals surface area (Å²) < 4.78 is 9.61. The smallest absolute Gasteiger partial charge is 0.332 e. The van der Waals surface area contributed by atoms with Crippen molar-refractivity contribution in [3.63, 3.8) is 0 Å². The third-order valence-corrected chi connectivity index (χ3v) is 2.43. The van der Waals surface area contributed by atoms with Crippen LogP contribution >= 0.6 is 0 Å². The minimum absolute atomic E-state index is 0.0245. The van der Waals surface area contributed by atoms with Gasteiger partial charge in [0.05, 0.1) is 6.61 Å². The molecule has 0 aliphatic carbocycles. The van der Waals surface area contributed by atoms with Gasteiger partial charge in [-0.2, -0.15) is 0 Å². The molecule has 100 valence electrons. The molecule has 0 unspecified atom stereocenters. The van der Waals surface area contributed by atoms with Crippen LogP contribution in [0.4, 0.5) is 0 Å². The van der Waals surface area contributed by atoms with E-state index >= 15 is 0 Å².